The fourth-order valence-electron chi connectivity index (χ4n) is 1.65. The summed E-state index contributed by atoms with van der Waals surface area (Å²) in [7, 11) is 0. The first-order valence-corrected chi connectivity index (χ1v) is 5.71. The molecule has 17 heavy (non-hydrogen) atoms. The van der Waals surface area contributed by atoms with E-state index in [2.05, 4.69) is 0 Å². The smallest absolute Gasteiger partial charge is 0.123 e. The van der Waals surface area contributed by atoms with Crippen molar-refractivity contribution >= 4 is 11.6 Å². The van der Waals surface area contributed by atoms with Crippen molar-refractivity contribution in [2.45, 2.75) is 12.5 Å². The van der Waals surface area contributed by atoms with E-state index in [9.17, 15) is 9.50 Å². The molecule has 2 aromatic rings. The SMILES string of the molecule is OC(Cc1ccc(F)cc1)c1ccc(Cl)cc1. The van der Waals surface area contributed by atoms with Crippen LogP contribution in [0.4, 0.5) is 4.39 Å². The Labute approximate surface area is 104 Å². The average Bonchev–Trinajstić information content (AvgIpc) is 2.33. The Morgan fingerprint density at radius 2 is 1.59 bits per heavy atom. The summed E-state index contributed by atoms with van der Waals surface area (Å²) < 4.78 is 12.7. The van der Waals surface area contributed by atoms with E-state index < -0.39 is 6.10 Å². The number of hydrogen-bond donors (Lipinski definition) is 1. The normalized spacial score (nSPS) is 12.4. The van der Waals surface area contributed by atoms with Crippen LogP contribution in [0.2, 0.25) is 5.02 Å². The molecule has 2 rings (SSSR count). The Balaban J connectivity index is 2.08. The molecule has 0 bridgehead atoms. The molecule has 1 unspecified atom stereocenters. The molecule has 1 atom stereocenters. The van der Waals surface area contributed by atoms with Gasteiger partial charge in [0, 0.05) is 11.4 Å². The van der Waals surface area contributed by atoms with Crippen LogP contribution < -0.4 is 0 Å². The van der Waals surface area contributed by atoms with Crippen LogP contribution in [0, 0.1) is 5.82 Å². The fourth-order valence-corrected chi connectivity index (χ4v) is 1.77. The molecule has 0 aliphatic heterocycles. The molecule has 88 valence electrons. The van der Waals surface area contributed by atoms with Crippen molar-refractivity contribution in [2.24, 2.45) is 0 Å². The lowest BCUT2D eigenvalue weighted by Crippen LogP contribution is -2.01. The minimum absolute atomic E-state index is 0.269. The van der Waals surface area contributed by atoms with Gasteiger partial charge >= 0.3 is 0 Å². The van der Waals surface area contributed by atoms with Crippen LogP contribution >= 0.6 is 11.6 Å². The summed E-state index contributed by atoms with van der Waals surface area (Å²) in [5.74, 6) is -0.269. The molecule has 3 heteroatoms. The molecule has 1 nitrogen and oxygen atoms in total. The summed E-state index contributed by atoms with van der Waals surface area (Å²) in [4.78, 5) is 0. The monoisotopic (exact) mass is 250 g/mol. The number of rotatable bonds is 3. The molecule has 0 heterocycles. The predicted molar refractivity (Wildman–Crippen MR) is 66.5 cm³/mol. The third-order valence-electron chi connectivity index (χ3n) is 2.60. The first-order chi connectivity index (χ1) is 8.15. The van der Waals surface area contributed by atoms with Crippen molar-refractivity contribution < 1.29 is 9.50 Å². The number of aliphatic hydroxyl groups is 1. The van der Waals surface area contributed by atoms with Crippen molar-refractivity contribution in [3.8, 4) is 0 Å². The largest absolute Gasteiger partial charge is 0.388 e. The standard InChI is InChI=1S/C14H12ClFO/c15-12-5-3-11(4-6-12)14(17)9-10-1-7-13(16)8-2-10/h1-8,14,17H,9H2. The van der Waals surface area contributed by atoms with Crippen LogP contribution in [0.25, 0.3) is 0 Å². The first kappa shape index (κ1) is 12.1. The molecule has 0 amide bonds. The lowest BCUT2D eigenvalue weighted by atomic mass is 10.0. The number of hydrogen-bond acceptors (Lipinski definition) is 1. The van der Waals surface area contributed by atoms with Crippen molar-refractivity contribution in [3.63, 3.8) is 0 Å². The zero-order valence-corrected chi connectivity index (χ0v) is 9.86. The van der Waals surface area contributed by atoms with Crippen molar-refractivity contribution in [3.05, 3.63) is 70.5 Å². The van der Waals surface area contributed by atoms with Crippen LogP contribution in [-0.4, -0.2) is 5.11 Å². The molecule has 0 saturated carbocycles. The Morgan fingerprint density at radius 3 is 2.18 bits per heavy atom. The van der Waals surface area contributed by atoms with E-state index in [0.29, 0.717) is 11.4 Å². The van der Waals surface area contributed by atoms with Gasteiger partial charge in [-0.3, -0.25) is 0 Å². The van der Waals surface area contributed by atoms with Crippen LogP contribution in [0.5, 0.6) is 0 Å². The summed E-state index contributed by atoms with van der Waals surface area (Å²) in [6, 6.07) is 13.2. The van der Waals surface area contributed by atoms with Crippen LogP contribution in [-0.2, 0) is 6.42 Å². The van der Waals surface area contributed by atoms with Crippen LogP contribution in [0.15, 0.2) is 48.5 Å². The lowest BCUT2D eigenvalue weighted by molar-refractivity contribution is 0.178. The molecule has 0 saturated heterocycles. The summed E-state index contributed by atoms with van der Waals surface area (Å²) in [6.07, 6.45) is -0.139. The van der Waals surface area contributed by atoms with Crippen molar-refractivity contribution in [1.82, 2.24) is 0 Å². The second kappa shape index (κ2) is 5.30. The Bertz CT molecular complexity index is 479. The van der Waals surface area contributed by atoms with Crippen molar-refractivity contribution in [1.29, 1.82) is 0 Å². The third-order valence-corrected chi connectivity index (χ3v) is 2.85. The molecule has 0 aromatic heterocycles. The molecular formula is C14H12ClFO. The maximum atomic E-state index is 12.7. The van der Waals surface area contributed by atoms with Gasteiger partial charge in [-0.05, 0) is 35.4 Å². The van der Waals surface area contributed by atoms with E-state index in [-0.39, 0.29) is 5.82 Å². The van der Waals surface area contributed by atoms with Gasteiger partial charge in [-0.15, -0.1) is 0 Å². The highest BCUT2D eigenvalue weighted by Crippen LogP contribution is 2.20. The zero-order chi connectivity index (χ0) is 12.3. The summed E-state index contributed by atoms with van der Waals surface area (Å²) in [5.41, 5.74) is 1.70. The van der Waals surface area contributed by atoms with Gasteiger partial charge in [-0.2, -0.15) is 0 Å². The Morgan fingerprint density at radius 1 is 1.00 bits per heavy atom. The summed E-state index contributed by atoms with van der Waals surface area (Å²) in [6.45, 7) is 0. The molecular weight excluding hydrogens is 239 g/mol. The van der Waals surface area contributed by atoms with Gasteiger partial charge in [0.1, 0.15) is 5.82 Å². The number of aliphatic hydroxyl groups excluding tert-OH is 1. The Hall–Kier alpha value is -1.38. The van der Waals surface area contributed by atoms with Gasteiger partial charge < -0.3 is 5.11 Å². The van der Waals surface area contributed by atoms with E-state index in [4.69, 9.17) is 11.6 Å². The first-order valence-electron chi connectivity index (χ1n) is 5.33. The fraction of sp³-hybridized carbons (Fsp3) is 0.143. The van der Waals surface area contributed by atoms with E-state index >= 15 is 0 Å². The zero-order valence-electron chi connectivity index (χ0n) is 9.11. The highest BCUT2D eigenvalue weighted by atomic mass is 35.5. The van der Waals surface area contributed by atoms with Gasteiger partial charge in [-0.1, -0.05) is 35.9 Å². The maximum absolute atomic E-state index is 12.7. The molecule has 0 aliphatic carbocycles. The topological polar surface area (TPSA) is 20.2 Å². The molecule has 0 radical (unpaired) electrons. The van der Waals surface area contributed by atoms with Crippen LogP contribution in [0.1, 0.15) is 17.2 Å². The van der Waals surface area contributed by atoms with Gasteiger partial charge in [-0.25, -0.2) is 4.39 Å². The summed E-state index contributed by atoms with van der Waals surface area (Å²) in [5, 5.41) is 10.6. The number of halogens is 2. The minimum Gasteiger partial charge on any atom is -0.388 e. The highest BCUT2D eigenvalue weighted by molar-refractivity contribution is 6.30. The van der Waals surface area contributed by atoms with Gasteiger partial charge in [0.2, 0.25) is 0 Å². The van der Waals surface area contributed by atoms with Gasteiger partial charge in [0.05, 0.1) is 6.10 Å². The van der Waals surface area contributed by atoms with Crippen LogP contribution in [0.3, 0.4) is 0 Å². The Kier molecular flexibility index (Phi) is 3.77. The van der Waals surface area contributed by atoms with Crippen molar-refractivity contribution in [2.75, 3.05) is 0 Å². The second-order valence-corrected chi connectivity index (χ2v) is 4.33. The average molecular weight is 251 g/mol. The highest BCUT2D eigenvalue weighted by Gasteiger charge is 2.08. The lowest BCUT2D eigenvalue weighted by Gasteiger charge is -2.11. The van der Waals surface area contributed by atoms with Gasteiger partial charge in [0.15, 0.2) is 0 Å². The maximum Gasteiger partial charge on any atom is 0.123 e. The molecule has 1 N–H and O–H groups in total. The molecule has 0 spiro atoms. The predicted octanol–water partition coefficient (Wildman–Crippen LogP) is 3.76. The quantitative estimate of drug-likeness (QED) is 0.880. The molecule has 2 aromatic carbocycles. The van der Waals surface area contributed by atoms with E-state index in [0.717, 1.165) is 11.1 Å². The molecule has 0 aliphatic rings. The van der Waals surface area contributed by atoms with E-state index in [1.54, 1.807) is 36.4 Å². The minimum atomic E-state index is -0.599. The van der Waals surface area contributed by atoms with E-state index in [1.165, 1.54) is 12.1 Å². The van der Waals surface area contributed by atoms with E-state index in [1.807, 2.05) is 0 Å². The summed E-state index contributed by atoms with van der Waals surface area (Å²) >= 11 is 5.77. The number of benzene rings is 2. The van der Waals surface area contributed by atoms with Gasteiger partial charge in [0.25, 0.3) is 0 Å². The second-order valence-electron chi connectivity index (χ2n) is 3.90. The third kappa shape index (κ3) is 3.29. The molecule has 0 fully saturated rings.